The molecule has 84 valence electrons. The van der Waals surface area contributed by atoms with Crippen LogP contribution in [0.2, 0.25) is 0 Å². The van der Waals surface area contributed by atoms with Crippen molar-refractivity contribution in [1.82, 2.24) is 9.78 Å². The van der Waals surface area contributed by atoms with Crippen LogP contribution in [-0.2, 0) is 13.7 Å². The Kier molecular flexibility index (Phi) is 2.81. The summed E-state index contributed by atoms with van der Waals surface area (Å²) in [6.45, 7) is 2.48. The van der Waals surface area contributed by atoms with E-state index in [2.05, 4.69) is 5.10 Å². The van der Waals surface area contributed by atoms with Crippen molar-refractivity contribution in [3.63, 3.8) is 0 Å². The predicted molar refractivity (Wildman–Crippen MR) is 63.1 cm³/mol. The molecule has 0 aliphatic carbocycles. The van der Waals surface area contributed by atoms with E-state index < -0.39 is 0 Å². The molecule has 0 spiro atoms. The van der Waals surface area contributed by atoms with Crippen LogP contribution in [0, 0.1) is 6.92 Å². The van der Waals surface area contributed by atoms with Gasteiger partial charge in [0.05, 0.1) is 17.6 Å². The number of hydrogen-bond donors (Lipinski definition) is 1. The first-order valence-electron chi connectivity index (χ1n) is 5.12. The first-order chi connectivity index (χ1) is 7.66. The molecular formula is C12H15N3O. The van der Waals surface area contributed by atoms with Crippen LogP contribution in [0.1, 0.15) is 11.3 Å². The Bertz CT molecular complexity index is 454. The molecule has 16 heavy (non-hydrogen) atoms. The fourth-order valence-electron chi connectivity index (χ4n) is 1.44. The summed E-state index contributed by atoms with van der Waals surface area (Å²) in [5.41, 5.74) is 8.53. The lowest BCUT2D eigenvalue weighted by molar-refractivity contribution is 0.295. The van der Waals surface area contributed by atoms with Crippen molar-refractivity contribution in [2.45, 2.75) is 13.5 Å². The quantitative estimate of drug-likeness (QED) is 0.854. The average molecular weight is 217 g/mol. The summed E-state index contributed by atoms with van der Waals surface area (Å²) < 4.78 is 7.35. The van der Waals surface area contributed by atoms with E-state index in [9.17, 15) is 0 Å². The molecule has 0 radical (unpaired) electrons. The number of nitrogens with zero attached hydrogens (tertiary/aromatic N) is 2. The molecule has 2 aromatic rings. The highest BCUT2D eigenvalue weighted by atomic mass is 16.5. The maximum atomic E-state index is 5.77. The lowest BCUT2D eigenvalue weighted by Gasteiger charge is -2.07. The van der Waals surface area contributed by atoms with E-state index in [0.29, 0.717) is 12.3 Å². The van der Waals surface area contributed by atoms with Gasteiger partial charge in [-0.3, -0.25) is 4.68 Å². The summed E-state index contributed by atoms with van der Waals surface area (Å²) in [5.74, 6) is 0.839. The van der Waals surface area contributed by atoms with E-state index in [0.717, 1.165) is 11.4 Å². The fraction of sp³-hybridized carbons (Fsp3) is 0.250. The summed E-state index contributed by atoms with van der Waals surface area (Å²) >= 11 is 0. The Hall–Kier alpha value is -1.97. The molecule has 0 saturated heterocycles. The number of benzene rings is 1. The summed E-state index contributed by atoms with van der Waals surface area (Å²) in [6, 6.07) is 7.92. The average Bonchev–Trinajstić information content (AvgIpc) is 2.59. The number of nitrogens with two attached hydrogens (primary N) is 1. The van der Waals surface area contributed by atoms with Gasteiger partial charge >= 0.3 is 0 Å². The van der Waals surface area contributed by atoms with Crippen LogP contribution in [0.3, 0.4) is 0 Å². The van der Waals surface area contributed by atoms with E-state index in [1.54, 1.807) is 10.9 Å². The van der Waals surface area contributed by atoms with Crippen molar-refractivity contribution in [1.29, 1.82) is 0 Å². The van der Waals surface area contributed by atoms with Crippen molar-refractivity contribution in [3.8, 4) is 5.75 Å². The van der Waals surface area contributed by atoms with Crippen molar-refractivity contribution in [2.24, 2.45) is 7.05 Å². The summed E-state index contributed by atoms with van der Waals surface area (Å²) in [4.78, 5) is 0. The smallest absolute Gasteiger partial charge is 0.132 e. The Morgan fingerprint density at radius 1 is 1.31 bits per heavy atom. The van der Waals surface area contributed by atoms with Crippen LogP contribution in [0.5, 0.6) is 5.75 Å². The van der Waals surface area contributed by atoms with Gasteiger partial charge in [-0.2, -0.15) is 5.10 Å². The van der Waals surface area contributed by atoms with Crippen LogP contribution in [0.4, 0.5) is 5.69 Å². The number of ether oxygens (including phenoxy) is 1. The SMILES string of the molecule is Cc1ccc(OCc2c(N)cnn2C)cc1. The Labute approximate surface area is 94.6 Å². The van der Waals surface area contributed by atoms with E-state index in [1.807, 2.05) is 38.2 Å². The Morgan fingerprint density at radius 3 is 2.56 bits per heavy atom. The third-order valence-corrected chi connectivity index (χ3v) is 2.49. The highest BCUT2D eigenvalue weighted by Gasteiger charge is 2.05. The van der Waals surface area contributed by atoms with Gasteiger partial charge < -0.3 is 10.5 Å². The lowest BCUT2D eigenvalue weighted by Crippen LogP contribution is -2.05. The van der Waals surface area contributed by atoms with Gasteiger partial charge in [0.1, 0.15) is 12.4 Å². The lowest BCUT2D eigenvalue weighted by atomic mass is 10.2. The molecule has 2 N–H and O–H groups in total. The predicted octanol–water partition coefficient (Wildman–Crippen LogP) is 1.89. The Balaban J connectivity index is 2.05. The second-order valence-electron chi connectivity index (χ2n) is 3.77. The zero-order valence-corrected chi connectivity index (χ0v) is 9.47. The van der Waals surface area contributed by atoms with Crippen LogP contribution >= 0.6 is 0 Å². The van der Waals surface area contributed by atoms with Gasteiger partial charge in [0.25, 0.3) is 0 Å². The highest BCUT2D eigenvalue weighted by Crippen LogP contribution is 2.16. The minimum absolute atomic E-state index is 0.436. The van der Waals surface area contributed by atoms with Gasteiger partial charge in [-0.05, 0) is 19.1 Å². The van der Waals surface area contributed by atoms with Gasteiger partial charge in [-0.25, -0.2) is 0 Å². The molecule has 0 amide bonds. The van der Waals surface area contributed by atoms with Gasteiger partial charge in [0.2, 0.25) is 0 Å². The second kappa shape index (κ2) is 4.26. The molecule has 2 rings (SSSR count). The zero-order chi connectivity index (χ0) is 11.5. The molecule has 1 aromatic carbocycles. The highest BCUT2D eigenvalue weighted by molar-refractivity contribution is 5.40. The third-order valence-electron chi connectivity index (χ3n) is 2.49. The summed E-state index contributed by atoms with van der Waals surface area (Å²) in [7, 11) is 1.85. The normalized spacial score (nSPS) is 10.4. The molecule has 0 bridgehead atoms. The van der Waals surface area contributed by atoms with Crippen LogP contribution < -0.4 is 10.5 Å². The molecule has 4 heteroatoms. The molecule has 0 aliphatic rings. The topological polar surface area (TPSA) is 53.1 Å². The van der Waals surface area contributed by atoms with Gasteiger partial charge in [-0.1, -0.05) is 17.7 Å². The number of aromatic nitrogens is 2. The summed E-state index contributed by atoms with van der Waals surface area (Å²) in [5, 5.41) is 4.05. The molecule has 1 heterocycles. The fourth-order valence-corrected chi connectivity index (χ4v) is 1.44. The van der Waals surface area contributed by atoms with Crippen molar-refractivity contribution >= 4 is 5.69 Å². The van der Waals surface area contributed by atoms with Crippen LogP contribution in [0.15, 0.2) is 30.5 Å². The molecule has 1 aromatic heterocycles. The number of nitrogen functional groups attached to an aromatic ring is 1. The van der Waals surface area contributed by atoms with Crippen molar-refractivity contribution in [3.05, 3.63) is 41.7 Å². The number of anilines is 1. The zero-order valence-electron chi connectivity index (χ0n) is 9.47. The van der Waals surface area contributed by atoms with Gasteiger partial charge in [0, 0.05) is 7.05 Å². The van der Waals surface area contributed by atoms with E-state index in [4.69, 9.17) is 10.5 Å². The van der Waals surface area contributed by atoms with Gasteiger partial charge in [0.15, 0.2) is 0 Å². The first kappa shape index (κ1) is 10.5. The molecule has 0 aliphatic heterocycles. The van der Waals surface area contributed by atoms with Crippen LogP contribution in [0.25, 0.3) is 0 Å². The van der Waals surface area contributed by atoms with Gasteiger partial charge in [-0.15, -0.1) is 0 Å². The van der Waals surface area contributed by atoms with Crippen LogP contribution in [-0.4, -0.2) is 9.78 Å². The van der Waals surface area contributed by atoms with E-state index in [-0.39, 0.29) is 0 Å². The standard InChI is InChI=1S/C12H15N3O/c1-9-3-5-10(6-4-9)16-8-12-11(13)7-14-15(12)2/h3-7H,8,13H2,1-2H3. The second-order valence-corrected chi connectivity index (χ2v) is 3.77. The van der Waals surface area contributed by atoms with Crippen molar-refractivity contribution in [2.75, 3.05) is 5.73 Å². The number of hydrogen-bond acceptors (Lipinski definition) is 3. The molecule has 0 atom stereocenters. The monoisotopic (exact) mass is 217 g/mol. The maximum absolute atomic E-state index is 5.77. The molecule has 4 nitrogen and oxygen atoms in total. The Morgan fingerprint density at radius 2 is 2.00 bits per heavy atom. The molecule has 0 fully saturated rings. The molecular weight excluding hydrogens is 202 g/mol. The number of aryl methyl sites for hydroxylation is 2. The van der Waals surface area contributed by atoms with E-state index in [1.165, 1.54) is 5.56 Å². The minimum Gasteiger partial charge on any atom is -0.487 e. The maximum Gasteiger partial charge on any atom is 0.132 e. The summed E-state index contributed by atoms with van der Waals surface area (Å²) in [6.07, 6.45) is 1.63. The molecule has 0 saturated carbocycles. The van der Waals surface area contributed by atoms with E-state index >= 15 is 0 Å². The molecule has 0 unspecified atom stereocenters. The third kappa shape index (κ3) is 2.16. The minimum atomic E-state index is 0.436. The number of rotatable bonds is 3. The largest absolute Gasteiger partial charge is 0.487 e. The first-order valence-corrected chi connectivity index (χ1v) is 5.12. The van der Waals surface area contributed by atoms with Crippen molar-refractivity contribution < 1.29 is 4.74 Å².